The van der Waals surface area contributed by atoms with Crippen LogP contribution in [0.4, 0.5) is 0 Å². The van der Waals surface area contributed by atoms with Crippen LogP contribution in [0.25, 0.3) is 26.6 Å². The Balaban J connectivity index is 2.13. The van der Waals surface area contributed by atoms with Gasteiger partial charge in [0.05, 0.1) is 10.2 Å². The van der Waals surface area contributed by atoms with Gasteiger partial charge in [-0.15, -0.1) is 10.2 Å². The number of hydrogen-bond acceptors (Lipinski definition) is 4. The quantitative estimate of drug-likeness (QED) is 0.523. The van der Waals surface area contributed by atoms with Gasteiger partial charge in [0, 0.05) is 18.0 Å². The summed E-state index contributed by atoms with van der Waals surface area (Å²) in [4.78, 5) is 5.05. The van der Waals surface area contributed by atoms with Crippen LogP contribution in [0.3, 0.4) is 0 Å². The van der Waals surface area contributed by atoms with Gasteiger partial charge in [-0.2, -0.15) is 0 Å². The molecule has 0 bridgehead atoms. The zero-order chi connectivity index (χ0) is 11.9. The van der Waals surface area contributed by atoms with Crippen LogP contribution < -0.4 is 0 Å². The summed E-state index contributed by atoms with van der Waals surface area (Å²) in [7, 11) is 0. The predicted molar refractivity (Wildman–Crippen MR) is 71.6 cm³/mol. The number of aromatic nitrogens is 4. The number of fused-ring (bicyclic) bond motifs is 3. The van der Waals surface area contributed by atoms with Crippen molar-refractivity contribution in [3.8, 4) is 11.4 Å². The molecular formula is C13H8N4S. The Morgan fingerprint density at radius 3 is 2.83 bits per heavy atom. The number of nitrogens with zero attached hydrogens (tertiary/aromatic N) is 4. The fourth-order valence-corrected chi connectivity index (χ4v) is 3.03. The SMILES string of the molecule is c1cncc(-c2nnc3sc4ccccc4n23)c1. The second kappa shape index (κ2) is 3.61. The highest BCUT2D eigenvalue weighted by molar-refractivity contribution is 7.23. The maximum atomic E-state index is 4.26. The third-order valence-corrected chi connectivity index (χ3v) is 3.87. The molecule has 0 spiro atoms. The number of rotatable bonds is 1. The van der Waals surface area contributed by atoms with Gasteiger partial charge >= 0.3 is 0 Å². The van der Waals surface area contributed by atoms with Crippen LogP contribution in [-0.4, -0.2) is 19.6 Å². The van der Waals surface area contributed by atoms with E-state index in [4.69, 9.17) is 0 Å². The lowest BCUT2D eigenvalue weighted by atomic mass is 10.2. The van der Waals surface area contributed by atoms with Crippen molar-refractivity contribution in [3.63, 3.8) is 0 Å². The molecule has 86 valence electrons. The Hall–Kier alpha value is -2.27. The molecule has 0 N–H and O–H groups in total. The summed E-state index contributed by atoms with van der Waals surface area (Å²) in [5.41, 5.74) is 2.12. The molecule has 18 heavy (non-hydrogen) atoms. The molecule has 3 aromatic heterocycles. The van der Waals surface area contributed by atoms with E-state index in [1.54, 1.807) is 17.5 Å². The van der Waals surface area contributed by atoms with Gasteiger partial charge in [0.15, 0.2) is 5.82 Å². The van der Waals surface area contributed by atoms with Gasteiger partial charge in [-0.1, -0.05) is 23.5 Å². The Morgan fingerprint density at radius 1 is 1.00 bits per heavy atom. The first kappa shape index (κ1) is 9.73. The second-order valence-electron chi connectivity index (χ2n) is 3.95. The first-order chi connectivity index (χ1) is 8.93. The molecule has 0 aliphatic rings. The Labute approximate surface area is 107 Å². The summed E-state index contributed by atoms with van der Waals surface area (Å²) in [6.07, 6.45) is 3.57. The van der Waals surface area contributed by atoms with E-state index in [1.807, 2.05) is 30.5 Å². The van der Waals surface area contributed by atoms with Gasteiger partial charge in [-0.05, 0) is 24.3 Å². The molecule has 0 atom stereocenters. The smallest absolute Gasteiger partial charge is 0.217 e. The topological polar surface area (TPSA) is 43.1 Å². The summed E-state index contributed by atoms with van der Waals surface area (Å²) < 4.78 is 3.30. The van der Waals surface area contributed by atoms with Gasteiger partial charge in [-0.25, -0.2) is 0 Å². The lowest BCUT2D eigenvalue weighted by Crippen LogP contribution is -1.88. The van der Waals surface area contributed by atoms with Crippen molar-refractivity contribution in [1.29, 1.82) is 0 Å². The number of para-hydroxylation sites is 1. The molecule has 0 fully saturated rings. The van der Waals surface area contributed by atoms with Gasteiger partial charge in [0.25, 0.3) is 0 Å². The fraction of sp³-hybridized carbons (Fsp3) is 0. The van der Waals surface area contributed by atoms with Crippen molar-refractivity contribution >= 4 is 26.5 Å². The predicted octanol–water partition coefficient (Wildman–Crippen LogP) is 3.01. The van der Waals surface area contributed by atoms with Crippen molar-refractivity contribution < 1.29 is 0 Å². The fourth-order valence-electron chi connectivity index (χ4n) is 2.06. The first-order valence-electron chi connectivity index (χ1n) is 5.56. The molecule has 4 aromatic rings. The number of thiazole rings is 1. The van der Waals surface area contributed by atoms with Gasteiger partial charge in [0.1, 0.15) is 0 Å². The second-order valence-corrected chi connectivity index (χ2v) is 4.96. The van der Waals surface area contributed by atoms with Crippen LogP contribution in [0.5, 0.6) is 0 Å². The molecule has 0 unspecified atom stereocenters. The van der Waals surface area contributed by atoms with E-state index >= 15 is 0 Å². The third-order valence-electron chi connectivity index (χ3n) is 2.86. The molecule has 0 amide bonds. The average Bonchev–Trinajstić information content (AvgIpc) is 2.98. The van der Waals surface area contributed by atoms with Crippen molar-refractivity contribution in [2.75, 3.05) is 0 Å². The highest BCUT2D eigenvalue weighted by Crippen LogP contribution is 2.29. The highest BCUT2D eigenvalue weighted by atomic mass is 32.1. The lowest BCUT2D eigenvalue weighted by Gasteiger charge is -1.97. The third kappa shape index (κ3) is 1.28. The molecule has 3 heterocycles. The van der Waals surface area contributed by atoms with E-state index in [0.29, 0.717) is 0 Å². The molecule has 0 saturated carbocycles. The molecule has 0 aliphatic carbocycles. The van der Waals surface area contributed by atoms with E-state index < -0.39 is 0 Å². The van der Waals surface area contributed by atoms with Crippen LogP contribution in [0.2, 0.25) is 0 Å². The number of benzene rings is 1. The normalized spacial score (nSPS) is 11.3. The minimum absolute atomic E-state index is 0.843. The van der Waals surface area contributed by atoms with E-state index in [2.05, 4.69) is 31.7 Å². The van der Waals surface area contributed by atoms with Crippen molar-refractivity contribution in [1.82, 2.24) is 19.6 Å². The molecule has 4 nitrogen and oxygen atoms in total. The zero-order valence-electron chi connectivity index (χ0n) is 9.32. The van der Waals surface area contributed by atoms with Crippen LogP contribution >= 0.6 is 11.3 Å². The Kier molecular flexibility index (Phi) is 1.95. The number of hydrogen-bond donors (Lipinski definition) is 0. The van der Waals surface area contributed by atoms with E-state index in [9.17, 15) is 0 Å². The minimum atomic E-state index is 0.843. The van der Waals surface area contributed by atoms with Crippen LogP contribution in [0.1, 0.15) is 0 Å². The highest BCUT2D eigenvalue weighted by Gasteiger charge is 2.13. The largest absolute Gasteiger partial charge is 0.265 e. The summed E-state index contributed by atoms with van der Waals surface area (Å²) in [6.45, 7) is 0. The van der Waals surface area contributed by atoms with Gasteiger partial charge < -0.3 is 0 Å². The van der Waals surface area contributed by atoms with Crippen molar-refractivity contribution in [2.45, 2.75) is 0 Å². The summed E-state index contributed by atoms with van der Waals surface area (Å²) in [5.74, 6) is 0.843. The van der Waals surface area contributed by atoms with Crippen LogP contribution in [0, 0.1) is 0 Å². The molecule has 1 aromatic carbocycles. The van der Waals surface area contributed by atoms with E-state index in [-0.39, 0.29) is 0 Å². The van der Waals surface area contributed by atoms with Gasteiger partial charge in [-0.3, -0.25) is 9.38 Å². The van der Waals surface area contributed by atoms with Crippen molar-refractivity contribution in [2.24, 2.45) is 0 Å². The molecule has 0 radical (unpaired) electrons. The summed E-state index contributed by atoms with van der Waals surface area (Å²) in [6, 6.07) is 12.2. The monoisotopic (exact) mass is 252 g/mol. The van der Waals surface area contributed by atoms with E-state index in [0.717, 1.165) is 21.9 Å². The maximum Gasteiger partial charge on any atom is 0.217 e. The molecule has 0 aliphatic heterocycles. The van der Waals surface area contributed by atoms with Gasteiger partial charge in [0.2, 0.25) is 4.96 Å². The minimum Gasteiger partial charge on any atom is -0.265 e. The molecule has 4 rings (SSSR count). The molecule has 0 saturated heterocycles. The Morgan fingerprint density at radius 2 is 1.94 bits per heavy atom. The van der Waals surface area contributed by atoms with E-state index in [1.165, 1.54) is 4.70 Å². The zero-order valence-corrected chi connectivity index (χ0v) is 10.1. The average molecular weight is 252 g/mol. The van der Waals surface area contributed by atoms with Crippen molar-refractivity contribution in [3.05, 3.63) is 48.8 Å². The summed E-state index contributed by atoms with van der Waals surface area (Å²) in [5, 5.41) is 8.50. The standard InChI is InChI=1S/C13H8N4S/c1-2-6-11-10(5-1)17-12(15-16-13(17)18-11)9-4-3-7-14-8-9/h1-8H. The molecule has 5 heteroatoms. The summed E-state index contributed by atoms with van der Waals surface area (Å²) >= 11 is 1.65. The van der Waals surface area contributed by atoms with Crippen LogP contribution in [0.15, 0.2) is 48.8 Å². The lowest BCUT2D eigenvalue weighted by molar-refractivity contribution is 1.11. The maximum absolute atomic E-state index is 4.26. The molecular weight excluding hydrogens is 244 g/mol. The Bertz CT molecular complexity index is 832. The number of pyridine rings is 1. The first-order valence-corrected chi connectivity index (χ1v) is 6.38. The van der Waals surface area contributed by atoms with Crippen LogP contribution in [-0.2, 0) is 0 Å².